The molecule has 0 fully saturated rings. The predicted molar refractivity (Wildman–Crippen MR) is 185 cm³/mol. The molecule has 0 saturated heterocycles. The van der Waals surface area contributed by atoms with Gasteiger partial charge in [0.1, 0.15) is 0 Å². The Kier molecular flexibility index (Phi) is 7.51. The zero-order valence-corrected chi connectivity index (χ0v) is 24.3. The molecule has 0 N–H and O–H groups in total. The van der Waals surface area contributed by atoms with Crippen LogP contribution in [-0.4, -0.2) is 16.5 Å². The summed E-state index contributed by atoms with van der Waals surface area (Å²) < 4.78 is 0. The van der Waals surface area contributed by atoms with Crippen LogP contribution in [0.2, 0.25) is 0 Å². The van der Waals surface area contributed by atoms with Gasteiger partial charge >= 0.3 is 0 Å². The maximum atomic E-state index is 5.04. The Morgan fingerprint density at radius 2 is 1.14 bits per heavy atom. The predicted octanol–water partition coefficient (Wildman–Crippen LogP) is 10.4. The summed E-state index contributed by atoms with van der Waals surface area (Å²) in [6.07, 6.45) is 8.40. The van der Waals surface area contributed by atoms with Crippen LogP contribution >= 0.6 is 0 Å². The van der Waals surface area contributed by atoms with Gasteiger partial charge in [-0.1, -0.05) is 140 Å². The number of benzene rings is 5. The van der Waals surface area contributed by atoms with Gasteiger partial charge in [0.15, 0.2) is 5.82 Å². The van der Waals surface area contributed by atoms with Gasteiger partial charge in [0, 0.05) is 40.2 Å². The molecule has 1 aromatic heterocycles. The minimum atomic E-state index is 0.713. The van der Waals surface area contributed by atoms with E-state index in [1.165, 1.54) is 0 Å². The largest absolute Gasteiger partial charge is 0.337 e. The van der Waals surface area contributed by atoms with E-state index in [0.29, 0.717) is 5.82 Å². The molecule has 44 heavy (non-hydrogen) atoms. The minimum absolute atomic E-state index is 0.713. The van der Waals surface area contributed by atoms with E-state index in [9.17, 15) is 0 Å². The molecule has 0 atom stereocenters. The van der Waals surface area contributed by atoms with Crippen LogP contribution in [0.15, 0.2) is 170 Å². The van der Waals surface area contributed by atoms with Gasteiger partial charge in [-0.05, 0) is 47.0 Å². The number of nitrogens with zero attached hydrogens (tertiary/aromatic N) is 3. The Morgan fingerprint density at radius 3 is 1.93 bits per heavy atom. The molecule has 6 aromatic rings. The van der Waals surface area contributed by atoms with Crippen LogP contribution in [0, 0.1) is 0 Å². The summed E-state index contributed by atoms with van der Waals surface area (Å²) in [5, 5.41) is 0. The molecule has 1 aliphatic heterocycles. The fourth-order valence-electron chi connectivity index (χ4n) is 5.61. The number of anilines is 2. The highest BCUT2D eigenvalue weighted by atomic mass is 15.1. The first-order valence-corrected chi connectivity index (χ1v) is 14.8. The summed E-state index contributed by atoms with van der Waals surface area (Å²) in [4.78, 5) is 12.3. The third-order valence-corrected chi connectivity index (χ3v) is 7.85. The molecule has 0 aliphatic carbocycles. The third kappa shape index (κ3) is 5.64. The summed E-state index contributed by atoms with van der Waals surface area (Å²) in [6.45, 7) is 5.08. The summed E-state index contributed by atoms with van der Waals surface area (Å²) in [5.41, 5.74) is 11.6. The van der Waals surface area contributed by atoms with Crippen molar-refractivity contribution in [3.8, 4) is 45.0 Å². The van der Waals surface area contributed by atoms with E-state index in [4.69, 9.17) is 9.97 Å². The second kappa shape index (κ2) is 12.2. The molecule has 0 spiro atoms. The molecule has 0 saturated carbocycles. The molecule has 210 valence electrons. The first kappa shape index (κ1) is 27.1. The molecule has 3 nitrogen and oxygen atoms in total. The van der Waals surface area contributed by atoms with Crippen LogP contribution in [-0.2, 0) is 0 Å². The molecule has 3 heteroatoms. The van der Waals surface area contributed by atoms with E-state index in [1.54, 1.807) is 0 Å². The molecule has 2 heterocycles. The number of rotatable bonds is 5. The molecule has 0 bridgehead atoms. The SMILES string of the molecule is C=C1/C=C\C=C/CN(c2cccc(-c3cccc(-c4cc(-c5ccccc5)nc(-c5ccccc5)n4)c3)c2)c2ccccc21. The van der Waals surface area contributed by atoms with Gasteiger partial charge in [-0.25, -0.2) is 9.97 Å². The van der Waals surface area contributed by atoms with Gasteiger partial charge in [-0.15, -0.1) is 0 Å². The van der Waals surface area contributed by atoms with E-state index >= 15 is 0 Å². The molecule has 0 amide bonds. The van der Waals surface area contributed by atoms with Gasteiger partial charge in [0.2, 0.25) is 0 Å². The van der Waals surface area contributed by atoms with Gasteiger partial charge in [0.05, 0.1) is 11.4 Å². The van der Waals surface area contributed by atoms with Gasteiger partial charge in [0.25, 0.3) is 0 Å². The Bertz CT molecular complexity index is 1950. The highest BCUT2D eigenvalue weighted by Crippen LogP contribution is 2.36. The Morgan fingerprint density at radius 1 is 0.523 bits per heavy atom. The van der Waals surface area contributed by atoms with Crippen molar-refractivity contribution in [2.45, 2.75) is 0 Å². The van der Waals surface area contributed by atoms with Crippen LogP contribution < -0.4 is 4.90 Å². The Labute approximate surface area is 258 Å². The molecule has 1 aliphatic rings. The second-order valence-electron chi connectivity index (χ2n) is 10.8. The maximum absolute atomic E-state index is 5.04. The lowest BCUT2D eigenvalue weighted by molar-refractivity contribution is 1.09. The van der Waals surface area contributed by atoms with Crippen molar-refractivity contribution in [3.63, 3.8) is 0 Å². The van der Waals surface area contributed by atoms with Crippen molar-refractivity contribution in [3.05, 3.63) is 176 Å². The quantitative estimate of drug-likeness (QED) is 0.208. The molecular weight excluding hydrogens is 534 g/mol. The minimum Gasteiger partial charge on any atom is -0.337 e. The molecule has 5 aromatic carbocycles. The first-order valence-electron chi connectivity index (χ1n) is 14.8. The zero-order chi connectivity index (χ0) is 29.7. The Hall–Kier alpha value is -5.80. The molecule has 0 unspecified atom stereocenters. The van der Waals surface area contributed by atoms with Crippen LogP contribution in [0.5, 0.6) is 0 Å². The fourth-order valence-corrected chi connectivity index (χ4v) is 5.61. The number of hydrogen-bond acceptors (Lipinski definition) is 3. The van der Waals surface area contributed by atoms with Crippen molar-refractivity contribution in [2.75, 3.05) is 11.4 Å². The number of fused-ring (bicyclic) bond motifs is 1. The topological polar surface area (TPSA) is 29.0 Å². The smallest absolute Gasteiger partial charge is 0.160 e. The fraction of sp³-hybridized carbons (Fsp3) is 0.0244. The van der Waals surface area contributed by atoms with Crippen LogP contribution in [0.3, 0.4) is 0 Å². The third-order valence-electron chi connectivity index (χ3n) is 7.85. The number of para-hydroxylation sites is 1. The van der Waals surface area contributed by atoms with E-state index < -0.39 is 0 Å². The lowest BCUT2D eigenvalue weighted by Crippen LogP contribution is -2.18. The number of allylic oxidation sites excluding steroid dienone is 4. The molecule has 0 radical (unpaired) electrons. The maximum Gasteiger partial charge on any atom is 0.160 e. The van der Waals surface area contributed by atoms with Crippen LogP contribution in [0.25, 0.3) is 50.6 Å². The first-order chi connectivity index (χ1) is 21.7. The summed E-state index contributed by atoms with van der Waals surface area (Å²) >= 11 is 0. The monoisotopic (exact) mass is 565 g/mol. The van der Waals surface area contributed by atoms with Crippen molar-refractivity contribution < 1.29 is 0 Å². The van der Waals surface area contributed by atoms with E-state index in [1.807, 2.05) is 36.4 Å². The van der Waals surface area contributed by atoms with Crippen LogP contribution in [0.4, 0.5) is 11.4 Å². The Balaban J connectivity index is 1.30. The number of hydrogen-bond donors (Lipinski definition) is 0. The van der Waals surface area contributed by atoms with Gasteiger partial charge in [-0.3, -0.25) is 0 Å². The summed E-state index contributed by atoms with van der Waals surface area (Å²) in [5.74, 6) is 0.713. The molecular formula is C41H31N3. The highest BCUT2D eigenvalue weighted by molar-refractivity contribution is 5.85. The normalized spacial score (nSPS) is 14.2. The average Bonchev–Trinajstić information content (AvgIpc) is 3.18. The summed E-state index contributed by atoms with van der Waals surface area (Å²) in [7, 11) is 0. The van der Waals surface area contributed by atoms with E-state index in [0.717, 1.165) is 68.3 Å². The van der Waals surface area contributed by atoms with Crippen molar-refractivity contribution >= 4 is 16.9 Å². The highest BCUT2D eigenvalue weighted by Gasteiger charge is 2.16. The second-order valence-corrected chi connectivity index (χ2v) is 10.8. The standard InChI is InChI=1S/C41H31N3/c1-30-15-5-4-12-26-44(40-25-11-10-24-37(30)40)36-23-14-21-34(28-36)33-20-13-22-35(27-33)39-29-38(31-16-6-2-7-17-31)42-41(43-39)32-18-8-3-9-19-32/h2-25,27-29H,1,26H2/b12-4-,15-5-. The van der Waals surface area contributed by atoms with Gasteiger partial charge in [-0.2, -0.15) is 0 Å². The lowest BCUT2D eigenvalue weighted by Gasteiger charge is -2.26. The van der Waals surface area contributed by atoms with Crippen molar-refractivity contribution in [1.82, 2.24) is 9.97 Å². The molecule has 7 rings (SSSR count). The lowest BCUT2D eigenvalue weighted by atomic mass is 9.99. The van der Waals surface area contributed by atoms with Gasteiger partial charge < -0.3 is 4.90 Å². The number of aromatic nitrogens is 2. The van der Waals surface area contributed by atoms with E-state index in [2.05, 4.69) is 139 Å². The van der Waals surface area contributed by atoms with Crippen molar-refractivity contribution in [2.24, 2.45) is 0 Å². The van der Waals surface area contributed by atoms with E-state index in [-0.39, 0.29) is 0 Å². The zero-order valence-electron chi connectivity index (χ0n) is 24.3. The van der Waals surface area contributed by atoms with Crippen LogP contribution in [0.1, 0.15) is 5.56 Å². The summed E-state index contributed by atoms with van der Waals surface area (Å²) in [6, 6.07) is 48.4. The van der Waals surface area contributed by atoms with Crippen molar-refractivity contribution in [1.29, 1.82) is 0 Å². The average molecular weight is 566 g/mol.